The van der Waals surface area contributed by atoms with Gasteiger partial charge in [-0.2, -0.15) is 4.99 Å². The van der Waals surface area contributed by atoms with Gasteiger partial charge in [0.15, 0.2) is 11.6 Å². The van der Waals surface area contributed by atoms with Crippen LogP contribution in [0, 0.1) is 37.3 Å². The molecule has 2 aromatic carbocycles. The Bertz CT molecular complexity index is 869. The first-order valence-corrected chi connectivity index (χ1v) is 9.06. The molecule has 0 bridgehead atoms. The number of nitrogens with zero attached hydrogens (tertiary/aromatic N) is 1. The van der Waals surface area contributed by atoms with Gasteiger partial charge in [-0.3, -0.25) is 0 Å². The highest BCUT2D eigenvalue weighted by molar-refractivity contribution is 7.78. The number of isothiocyanates is 1. The number of aliphatic imine (C=N–C) groups is 1. The lowest BCUT2D eigenvalue weighted by atomic mass is 9.96. The predicted octanol–water partition coefficient (Wildman–Crippen LogP) is 6.45. The van der Waals surface area contributed by atoms with Crippen LogP contribution in [0.3, 0.4) is 0 Å². The Labute approximate surface area is 159 Å². The van der Waals surface area contributed by atoms with E-state index in [2.05, 4.69) is 48.1 Å². The van der Waals surface area contributed by atoms with Gasteiger partial charge in [-0.25, -0.2) is 8.78 Å². The molecule has 0 N–H and O–H groups in total. The summed E-state index contributed by atoms with van der Waals surface area (Å²) in [5.41, 5.74) is 4.17. The third-order valence-electron chi connectivity index (χ3n) is 4.17. The van der Waals surface area contributed by atoms with Crippen molar-refractivity contribution >= 4 is 23.1 Å². The molecule has 2 rings (SSSR count). The second kappa shape index (κ2) is 9.38. The monoisotopic (exact) mass is 369 g/mol. The number of benzene rings is 2. The van der Waals surface area contributed by atoms with Crippen LogP contribution in [0.15, 0.2) is 29.3 Å². The van der Waals surface area contributed by atoms with Crippen molar-refractivity contribution in [3.05, 3.63) is 63.7 Å². The molecule has 0 saturated carbocycles. The summed E-state index contributed by atoms with van der Waals surface area (Å²) in [4.78, 5) is 3.40. The first-order chi connectivity index (χ1) is 12.5. The van der Waals surface area contributed by atoms with Crippen LogP contribution in [-0.4, -0.2) is 5.16 Å². The zero-order chi connectivity index (χ0) is 19.1. The van der Waals surface area contributed by atoms with Crippen LogP contribution >= 0.6 is 12.2 Å². The zero-order valence-corrected chi connectivity index (χ0v) is 16.1. The van der Waals surface area contributed by atoms with Crippen molar-refractivity contribution in [3.63, 3.8) is 0 Å². The van der Waals surface area contributed by atoms with E-state index in [1.165, 1.54) is 24.8 Å². The minimum Gasteiger partial charge on any atom is -0.204 e. The molecule has 4 heteroatoms. The zero-order valence-electron chi connectivity index (χ0n) is 15.2. The van der Waals surface area contributed by atoms with E-state index in [1.807, 2.05) is 19.0 Å². The Hall–Kier alpha value is -2.34. The molecular weight excluding hydrogens is 348 g/mol. The third-order valence-corrected chi connectivity index (χ3v) is 4.26. The fourth-order valence-corrected chi connectivity index (χ4v) is 2.99. The largest absolute Gasteiger partial charge is 0.204 e. The number of hydrogen-bond acceptors (Lipinski definition) is 2. The SMILES string of the molecule is CCCCCc1cc(C)c(C#Cc2cc(F)c(N=C=S)c(F)c2)c(C)c1. The molecule has 0 aliphatic rings. The molecule has 0 radical (unpaired) electrons. The first kappa shape index (κ1) is 20.0. The molecule has 0 spiro atoms. The molecule has 0 amide bonds. The maximum Gasteiger partial charge on any atom is 0.153 e. The van der Waals surface area contributed by atoms with E-state index >= 15 is 0 Å². The molecule has 0 aliphatic heterocycles. The van der Waals surface area contributed by atoms with Crippen molar-refractivity contribution < 1.29 is 8.78 Å². The van der Waals surface area contributed by atoms with Gasteiger partial charge in [0.05, 0.1) is 5.16 Å². The fourth-order valence-electron chi connectivity index (χ4n) is 2.90. The summed E-state index contributed by atoms with van der Waals surface area (Å²) in [6.45, 7) is 6.21. The summed E-state index contributed by atoms with van der Waals surface area (Å²) in [6.07, 6.45) is 4.65. The number of thiocarbonyl (C=S) groups is 1. The lowest BCUT2D eigenvalue weighted by Gasteiger charge is -2.08. The molecule has 0 aliphatic carbocycles. The Morgan fingerprint density at radius 2 is 1.58 bits per heavy atom. The van der Waals surface area contributed by atoms with Gasteiger partial charge in [0.25, 0.3) is 0 Å². The van der Waals surface area contributed by atoms with E-state index in [0.717, 1.165) is 35.2 Å². The summed E-state index contributed by atoms with van der Waals surface area (Å²) in [5, 5.41) is 1.97. The second-order valence-electron chi connectivity index (χ2n) is 6.30. The number of aryl methyl sites for hydroxylation is 3. The number of rotatable bonds is 5. The molecule has 0 heterocycles. The Kier molecular flexibility index (Phi) is 7.21. The van der Waals surface area contributed by atoms with Gasteiger partial charge in [0.1, 0.15) is 5.69 Å². The van der Waals surface area contributed by atoms with Crippen LogP contribution < -0.4 is 0 Å². The van der Waals surface area contributed by atoms with Gasteiger partial charge in [-0.05, 0) is 67.7 Å². The molecule has 134 valence electrons. The maximum atomic E-state index is 13.9. The summed E-state index contributed by atoms with van der Waals surface area (Å²) in [6, 6.07) is 6.60. The van der Waals surface area contributed by atoms with Crippen molar-refractivity contribution in [2.24, 2.45) is 4.99 Å². The molecule has 0 aromatic heterocycles. The van der Waals surface area contributed by atoms with Crippen molar-refractivity contribution in [1.82, 2.24) is 0 Å². The number of unbranched alkanes of at least 4 members (excludes halogenated alkanes) is 2. The quantitative estimate of drug-likeness (QED) is 0.255. The average molecular weight is 369 g/mol. The molecular formula is C22H21F2NS. The lowest BCUT2D eigenvalue weighted by Crippen LogP contribution is -1.94. The van der Waals surface area contributed by atoms with Gasteiger partial charge < -0.3 is 0 Å². The van der Waals surface area contributed by atoms with Crippen molar-refractivity contribution in [2.45, 2.75) is 46.5 Å². The van der Waals surface area contributed by atoms with Crippen molar-refractivity contribution in [1.29, 1.82) is 0 Å². The highest BCUT2D eigenvalue weighted by Gasteiger charge is 2.09. The van der Waals surface area contributed by atoms with Gasteiger partial charge >= 0.3 is 0 Å². The first-order valence-electron chi connectivity index (χ1n) is 8.65. The van der Waals surface area contributed by atoms with Crippen LogP contribution in [0.25, 0.3) is 0 Å². The van der Waals surface area contributed by atoms with Gasteiger partial charge in [-0.15, -0.1) is 0 Å². The van der Waals surface area contributed by atoms with Gasteiger partial charge in [-0.1, -0.05) is 43.7 Å². The van der Waals surface area contributed by atoms with Crippen LogP contribution in [0.1, 0.15) is 54.0 Å². The number of halogens is 2. The molecule has 1 nitrogen and oxygen atoms in total. The summed E-state index contributed by atoms with van der Waals surface area (Å²) < 4.78 is 27.8. The lowest BCUT2D eigenvalue weighted by molar-refractivity contribution is 0.587. The summed E-state index contributed by atoms with van der Waals surface area (Å²) in [5.74, 6) is 4.30. The van der Waals surface area contributed by atoms with Gasteiger partial charge in [0.2, 0.25) is 0 Å². The third kappa shape index (κ3) is 5.08. The Morgan fingerprint density at radius 3 is 2.12 bits per heavy atom. The maximum absolute atomic E-state index is 13.9. The standard InChI is InChI=1S/C22H21F2NS/c1-4-5-6-7-17-10-15(2)19(16(3)11-17)9-8-18-12-20(23)22(25-14-26)21(24)13-18/h10-13H,4-7H2,1-3H3. The van der Waals surface area contributed by atoms with E-state index in [9.17, 15) is 8.78 Å². The average Bonchev–Trinajstić information content (AvgIpc) is 2.57. The van der Waals surface area contributed by atoms with Crippen molar-refractivity contribution in [3.8, 4) is 11.8 Å². The normalized spacial score (nSPS) is 10.0. The van der Waals surface area contributed by atoms with E-state index in [4.69, 9.17) is 0 Å². The molecule has 0 atom stereocenters. The van der Waals surface area contributed by atoms with E-state index in [-0.39, 0.29) is 5.56 Å². The molecule has 0 saturated heterocycles. The van der Waals surface area contributed by atoms with E-state index in [1.54, 1.807) is 0 Å². The van der Waals surface area contributed by atoms with Crippen LogP contribution in [0.2, 0.25) is 0 Å². The molecule has 0 unspecified atom stereocenters. The Morgan fingerprint density at radius 1 is 0.962 bits per heavy atom. The van der Waals surface area contributed by atoms with Crippen LogP contribution in [-0.2, 0) is 6.42 Å². The van der Waals surface area contributed by atoms with E-state index in [0.29, 0.717) is 0 Å². The Balaban J connectivity index is 2.31. The van der Waals surface area contributed by atoms with Crippen LogP contribution in [0.4, 0.5) is 14.5 Å². The van der Waals surface area contributed by atoms with Gasteiger partial charge in [0, 0.05) is 11.1 Å². The molecule has 26 heavy (non-hydrogen) atoms. The minimum absolute atomic E-state index is 0.258. The van der Waals surface area contributed by atoms with Crippen molar-refractivity contribution in [2.75, 3.05) is 0 Å². The highest BCUT2D eigenvalue weighted by atomic mass is 32.1. The topological polar surface area (TPSA) is 12.4 Å². The predicted molar refractivity (Wildman–Crippen MR) is 106 cm³/mol. The smallest absolute Gasteiger partial charge is 0.153 e. The highest BCUT2D eigenvalue weighted by Crippen LogP contribution is 2.23. The fraction of sp³-hybridized carbons (Fsp3) is 0.318. The summed E-state index contributed by atoms with van der Waals surface area (Å²) >= 11 is 4.40. The van der Waals surface area contributed by atoms with Crippen LogP contribution in [0.5, 0.6) is 0 Å². The minimum atomic E-state index is -0.800. The molecule has 2 aromatic rings. The summed E-state index contributed by atoms with van der Waals surface area (Å²) in [7, 11) is 0. The second-order valence-corrected chi connectivity index (χ2v) is 6.49. The number of hydrogen-bond donors (Lipinski definition) is 0. The van der Waals surface area contributed by atoms with E-state index < -0.39 is 17.3 Å². The molecule has 0 fully saturated rings.